The third-order valence-corrected chi connectivity index (χ3v) is 10.3. The van der Waals surface area contributed by atoms with Gasteiger partial charge in [0.05, 0.1) is 16.9 Å². The number of benzene rings is 6. The SMILES string of the molecule is C#Cc1ccc(-c2cc(C)ccc2Oc2ccc(Oc3ccc(S(=O)(=O)c4ccc(Oc5ccc(OC)cc5)cc4)cc3)c(S(=O)(=O)[O-])c2)cc1.[K+]. The summed E-state index contributed by atoms with van der Waals surface area (Å²) in [6.07, 6.45) is 5.49. The summed E-state index contributed by atoms with van der Waals surface area (Å²) in [6.45, 7) is 1.93. The Hall–Kier alpha value is -4.42. The van der Waals surface area contributed by atoms with Crippen molar-refractivity contribution in [3.8, 4) is 63.7 Å². The van der Waals surface area contributed by atoms with Crippen molar-refractivity contribution in [2.45, 2.75) is 21.6 Å². The second kappa shape index (κ2) is 16.5. The van der Waals surface area contributed by atoms with E-state index in [-0.39, 0.29) is 78.4 Å². The molecule has 0 N–H and O–H groups in total. The topological polar surface area (TPSA) is 128 Å². The Morgan fingerprint density at radius 1 is 0.577 bits per heavy atom. The van der Waals surface area contributed by atoms with Crippen LogP contribution in [0.2, 0.25) is 0 Å². The molecule has 6 rings (SSSR count). The van der Waals surface area contributed by atoms with Crippen LogP contribution in [0, 0.1) is 19.3 Å². The van der Waals surface area contributed by atoms with Crippen molar-refractivity contribution in [3.63, 3.8) is 0 Å². The molecule has 0 saturated carbocycles. The summed E-state index contributed by atoms with van der Waals surface area (Å²) in [6, 6.07) is 35.0. The van der Waals surface area contributed by atoms with E-state index in [9.17, 15) is 21.4 Å². The van der Waals surface area contributed by atoms with Gasteiger partial charge in [-0.25, -0.2) is 16.8 Å². The first-order valence-corrected chi connectivity index (χ1v) is 18.2. The fraction of sp³-hybridized carbons (Fsp3) is 0.0500. The largest absolute Gasteiger partial charge is 1.00 e. The van der Waals surface area contributed by atoms with Crippen molar-refractivity contribution in [2.24, 2.45) is 0 Å². The Morgan fingerprint density at radius 3 is 1.60 bits per heavy atom. The molecule has 0 amide bonds. The van der Waals surface area contributed by atoms with E-state index in [0.717, 1.165) is 22.8 Å². The minimum atomic E-state index is -5.02. The molecule has 0 heterocycles. The molecule has 0 aliphatic rings. The van der Waals surface area contributed by atoms with Crippen molar-refractivity contribution in [3.05, 3.63) is 145 Å². The number of sulfone groups is 1. The number of terminal acetylenes is 1. The van der Waals surface area contributed by atoms with Crippen LogP contribution in [0.25, 0.3) is 11.1 Å². The molecule has 0 aromatic heterocycles. The van der Waals surface area contributed by atoms with Crippen molar-refractivity contribution in [1.29, 1.82) is 0 Å². The summed E-state index contributed by atoms with van der Waals surface area (Å²) in [7, 11) is -7.38. The van der Waals surface area contributed by atoms with Gasteiger partial charge in [0, 0.05) is 17.2 Å². The van der Waals surface area contributed by atoms with E-state index < -0.39 is 24.9 Å². The zero-order valence-corrected chi connectivity index (χ0v) is 33.0. The minimum Gasteiger partial charge on any atom is -0.744 e. The number of hydrogen-bond donors (Lipinski definition) is 0. The van der Waals surface area contributed by atoms with Gasteiger partial charge in [-0.2, -0.15) is 0 Å². The fourth-order valence-corrected chi connectivity index (χ4v) is 6.96. The first-order chi connectivity index (χ1) is 24.4. The molecule has 0 aliphatic carbocycles. The van der Waals surface area contributed by atoms with E-state index in [0.29, 0.717) is 28.6 Å². The molecular weight excluding hydrogens is 728 g/mol. The van der Waals surface area contributed by atoms with Crippen molar-refractivity contribution >= 4 is 20.0 Å². The van der Waals surface area contributed by atoms with Crippen LogP contribution in [0.4, 0.5) is 0 Å². The van der Waals surface area contributed by atoms with Gasteiger partial charge in [-0.05, 0) is 122 Å². The molecule has 0 unspecified atom stereocenters. The number of ether oxygens (including phenoxy) is 4. The zero-order chi connectivity index (χ0) is 36.2. The Morgan fingerprint density at radius 2 is 1.06 bits per heavy atom. The standard InChI is InChI=1S/C40H30O9S2.K/c1-4-28-6-8-29(9-7-28)37-25-27(2)5-23-38(37)49-34-18-24-39(40(26-34)51(43,44)45)48-33-16-21-36(22-17-33)50(41,42)35-19-14-32(15-20-35)47-31-12-10-30(46-3)11-13-31;/h1,5-26H,2-3H3,(H,43,44,45);/q;+1/p-1. The zero-order valence-electron chi connectivity index (χ0n) is 28.3. The van der Waals surface area contributed by atoms with E-state index >= 15 is 0 Å². The second-order valence-electron chi connectivity index (χ2n) is 11.2. The summed E-state index contributed by atoms with van der Waals surface area (Å²) < 4.78 is 86.5. The van der Waals surface area contributed by atoms with E-state index in [1.54, 1.807) is 61.7 Å². The molecule has 9 nitrogen and oxygen atoms in total. The summed E-state index contributed by atoms with van der Waals surface area (Å²) in [5, 5.41) is 0. The predicted molar refractivity (Wildman–Crippen MR) is 191 cm³/mol. The quantitative estimate of drug-likeness (QED) is 0.0920. The van der Waals surface area contributed by atoms with Gasteiger partial charge in [0.15, 0.2) is 0 Å². The van der Waals surface area contributed by atoms with Crippen LogP contribution in [-0.2, 0) is 20.0 Å². The summed E-state index contributed by atoms with van der Waals surface area (Å²) in [4.78, 5) is -0.641. The second-order valence-corrected chi connectivity index (χ2v) is 14.5. The van der Waals surface area contributed by atoms with Crippen molar-refractivity contribution < 1.29 is 91.7 Å². The number of hydrogen-bond acceptors (Lipinski definition) is 9. The average molecular weight is 757 g/mol. The predicted octanol–water partition coefficient (Wildman–Crippen LogP) is 5.77. The molecule has 6 aromatic carbocycles. The smallest absolute Gasteiger partial charge is 0.744 e. The van der Waals surface area contributed by atoms with Crippen molar-refractivity contribution in [2.75, 3.05) is 7.11 Å². The fourth-order valence-electron chi connectivity index (χ4n) is 5.08. The van der Waals surface area contributed by atoms with Crippen LogP contribution >= 0.6 is 0 Å². The molecular formula is C40H29KO9S2. The van der Waals surface area contributed by atoms with Gasteiger partial charge in [0.25, 0.3) is 0 Å². The molecule has 0 radical (unpaired) electrons. The van der Waals surface area contributed by atoms with Crippen molar-refractivity contribution in [1.82, 2.24) is 0 Å². The summed E-state index contributed by atoms with van der Waals surface area (Å²) in [5.74, 6) is 4.61. The van der Waals surface area contributed by atoms with Crippen LogP contribution in [0.3, 0.4) is 0 Å². The molecule has 256 valence electrons. The van der Waals surface area contributed by atoms with Gasteiger partial charge in [-0.15, -0.1) is 6.42 Å². The molecule has 6 aromatic rings. The van der Waals surface area contributed by atoms with Gasteiger partial charge in [-0.1, -0.05) is 29.7 Å². The molecule has 0 fully saturated rings. The van der Waals surface area contributed by atoms with E-state index in [1.165, 1.54) is 48.5 Å². The van der Waals surface area contributed by atoms with Crippen LogP contribution < -0.4 is 70.3 Å². The minimum absolute atomic E-state index is 0. The maximum atomic E-state index is 13.3. The Bertz CT molecular complexity index is 2460. The summed E-state index contributed by atoms with van der Waals surface area (Å²) in [5.41, 5.74) is 3.24. The van der Waals surface area contributed by atoms with Crippen LogP contribution in [0.5, 0.6) is 40.2 Å². The third-order valence-electron chi connectivity index (χ3n) is 7.70. The van der Waals surface area contributed by atoms with E-state index in [1.807, 2.05) is 31.2 Å². The summed E-state index contributed by atoms with van der Waals surface area (Å²) >= 11 is 0. The van der Waals surface area contributed by atoms with Crippen LogP contribution in [-0.4, -0.2) is 28.5 Å². The van der Waals surface area contributed by atoms with Gasteiger partial charge in [0.2, 0.25) is 9.84 Å². The first-order valence-electron chi connectivity index (χ1n) is 15.3. The third kappa shape index (κ3) is 9.13. The maximum absolute atomic E-state index is 13.3. The maximum Gasteiger partial charge on any atom is 1.00 e. The monoisotopic (exact) mass is 756 g/mol. The Labute approximate surface area is 345 Å². The molecule has 0 aliphatic heterocycles. The normalized spacial score (nSPS) is 11.1. The Kier molecular flexibility index (Phi) is 12.3. The molecule has 0 bridgehead atoms. The van der Waals surface area contributed by atoms with Crippen LogP contribution in [0.15, 0.2) is 148 Å². The molecule has 0 spiro atoms. The molecule has 12 heteroatoms. The van der Waals surface area contributed by atoms with Gasteiger partial charge >= 0.3 is 51.4 Å². The average Bonchev–Trinajstić information content (AvgIpc) is 3.13. The number of rotatable bonds is 11. The van der Waals surface area contributed by atoms with E-state index in [2.05, 4.69) is 5.92 Å². The van der Waals surface area contributed by atoms with Gasteiger partial charge in [-0.3, -0.25) is 0 Å². The van der Waals surface area contributed by atoms with Gasteiger partial charge in [0.1, 0.15) is 55.3 Å². The number of aryl methyl sites for hydroxylation is 1. The first kappa shape index (κ1) is 38.8. The number of methoxy groups -OCH3 is 1. The van der Waals surface area contributed by atoms with E-state index in [4.69, 9.17) is 25.4 Å². The molecule has 0 atom stereocenters. The molecule has 52 heavy (non-hydrogen) atoms. The molecule has 0 saturated heterocycles. The van der Waals surface area contributed by atoms with Crippen LogP contribution in [0.1, 0.15) is 11.1 Å². The van der Waals surface area contributed by atoms with Gasteiger partial charge < -0.3 is 23.5 Å². The Balaban J connectivity index is 0.00000523.